The first kappa shape index (κ1) is 22.0. The zero-order chi connectivity index (χ0) is 21.6. The molecule has 8 nitrogen and oxygen atoms in total. The van der Waals surface area contributed by atoms with E-state index in [0.29, 0.717) is 25.3 Å². The lowest BCUT2D eigenvalue weighted by molar-refractivity contribution is -0.132. The van der Waals surface area contributed by atoms with Crippen molar-refractivity contribution in [3.63, 3.8) is 0 Å². The van der Waals surface area contributed by atoms with Crippen LogP contribution in [0.2, 0.25) is 0 Å². The number of hydrogen-bond acceptors (Lipinski definition) is 7. The molecule has 9 heteroatoms. The van der Waals surface area contributed by atoms with Gasteiger partial charge in [-0.25, -0.2) is 5.43 Å². The predicted octanol–water partition coefficient (Wildman–Crippen LogP) is 1.05. The summed E-state index contributed by atoms with van der Waals surface area (Å²) in [5.74, 6) is 0.170. The van der Waals surface area contributed by atoms with Gasteiger partial charge < -0.3 is 5.32 Å². The first-order valence-electron chi connectivity index (χ1n) is 11.2. The molecule has 5 N–H and O–H groups in total. The van der Waals surface area contributed by atoms with Crippen LogP contribution >= 0.6 is 0 Å². The van der Waals surface area contributed by atoms with Gasteiger partial charge in [0, 0.05) is 37.8 Å². The second-order valence-corrected chi connectivity index (χ2v) is 8.69. The van der Waals surface area contributed by atoms with Crippen LogP contribution in [0.3, 0.4) is 0 Å². The maximum Gasteiger partial charge on any atom is 0.242 e. The number of halogens is 1. The summed E-state index contributed by atoms with van der Waals surface area (Å²) in [6.07, 6.45) is 3.64. The molecule has 4 rings (SSSR count). The molecule has 1 aromatic rings. The molecule has 4 atom stereocenters. The molecule has 0 saturated carbocycles. The average molecular weight is 430 g/mol. The lowest BCUT2D eigenvalue weighted by Gasteiger charge is -2.49. The molecule has 3 aliphatic heterocycles. The summed E-state index contributed by atoms with van der Waals surface area (Å²) in [5, 5.41) is 19.7. The van der Waals surface area contributed by atoms with Gasteiger partial charge in [0.15, 0.2) is 0 Å². The Bertz CT molecular complexity index is 775. The van der Waals surface area contributed by atoms with Crippen LogP contribution in [0.5, 0.6) is 0 Å². The van der Waals surface area contributed by atoms with Crippen molar-refractivity contribution < 1.29 is 9.18 Å². The highest BCUT2D eigenvalue weighted by Crippen LogP contribution is 2.25. The van der Waals surface area contributed by atoms with E-state index in [1.54, 1.807) is 0 Å². The normalized spacial score (nSPS) is 29.6. The van der Waals surface area contributed by atoms with Gasteiger partial charge in [-0.15, -0.1) is 0 Å². The minimum atomic E-state index is -0.305. The van der Waals surface area contributed by atoms with E-state index >= 15 is 0 Å². The van der Waals surface area contributed by atoms with E-state index in [4.69, 9.17) is 5.26 Å². The van der Waals surface area contributed by atoms with Crippen molar-refractivity contribution in [1.82, 2.24) is 26.4 Å². The number of hydrazine groups is 1. The Morgan fingerprint density at radius 1 is 1.19 bits per heavy atom. The summed E-state index contributed by atoms with van der Waals surface area (Å²) in [6, 6.07) is 10.3. The quantitative estimate of drug-likeness (QED) is 0.441. The number of hydrogen-bond donors (Lipinski definition) is 5. The summed E-state index contributed by atoms with van der Waals surface area (Å²) in [6.45, 7) is 2.19. The number of alkyl halides is 1. The summed E-state index contributed by atoms with van der Waals surface area (Å²) in [5.41, 5.74) is 7.78. The second-order valence-electron chi connectivity index (χ2n) is 8.69. The number of nitriles is 1. The van der Waals surface area contributed by atoms with Crippen LogP contribution in [-0.2, 0) is 11.2 Å². The van der Waals surface area contributed by atoms with Crippen molar-refractivity contribution in [1.29, 1.82) is 5.26 Å². The van der Waals surface area contributed by atoms with Gasteiger partial charge in [0.2, 0.25) is 5.91 Å². The van der Waals surface area contributed by atoms with E-state index in [1.807, 2.05) is 24.3 Å². The fourth-order valence-electron chi connectivity index (χ4n) is 4.82. The minimum Gasteiger partial charge on any atom is -0.369 e. The van der Waals surface area contributed by atoms with Crippen molar-refractivity contribution in [3.05, 3.63) is 29.8 Å². The lowest BCUT2D eigenvalue weighted by Crippen LogP contribution is -2.77. The minimum absolute atomic E-state index is 0.00170. The Hall–Kier alpha value is -2.25. The third-order valence-corrected chi connectivity index (χ3v) is 6.61. The number of rotatable bonds is 7. The first-order valence-corrected chi connectivity index (χ1v) is 11.2. The highest BCUT2D eigenvalue weighted by molar-refractivity contribution is 5.81. The molecule has 3 fully saturated rings. The van der Waals surface area contributed by atoms with Gasteiger partial charge >= 0.3 is 0 Å². The molecule has 0 aromatic heterocycles. The van der Waals surface area contributed by atoms with Gasteiger partial charge in [0.05, 0.1) is 24.8 Å². The molecule has 0 radical (unpaired) electrons. The number of anilines is 1. The van der Waals surface area contributed by atoms with Gasteiger partial charge in [-0.3, -0.25) is 30.1 Å². The van der Waals surface area contributed by atoms with Crippen LogP contribution in [0.25, 0.3) is 0 Å². The van der Waals surface area contributed by atoms with Crippen molar-refractivity contribution in [2.45, 2.75) is 50.6 Å². The van der Waals surface area contributed by atoms with Crippen LogP contribution in [-0.4, -0.2) is 55.6 Å². The van der Waals surface area contributed by atoms with E-state index in [1.165, 1.54) is 0 Å². The smallest absolute Gasteiger partial charge is 0.242 e. The number of amides is 1. The van der Waals surface area contributed by atoms with E-state index in [-0.39, 0.29) is 37.0 Å². The van der Waals surface area contributed by atoms with E-state index in [0.717, 1.165) is 43.6 Å². The van der Waals surface area contributed by atoms with E-state index in [9.17, 15) is 9.18 Å². The molecule has 3 heterocycles. The van der Waals surface area contributed by atoms with Crippen molar-refractivity contribution in [3.8, 4) is 6.07 Å². The van der Waals surface area contributed by atoms with Crippen LogP contribution in [0.15, 0.2) is 24.3 Å². The first-order chi connectivity index (χ1) is 15.2. The van der Waals surface area contributed by atoms with Crippen LogP contribution in [0.4, 0.5) is 10.1 Å². The number of likely N-dealkylation sites (tertiary alicyclic amines) is 1. The van der Waals surface area contributed by atoms with Crippen LogP contribution < -0.4 is 26.8 Å². The molecule has 0 bridgehead atoms. The summed E-state index contributed by atoms with van der Waals surface area (Å²) < 4.78 is 12.4. The van der Waals surface area contributed by atoms with Crippen molar-refractivity contribution in [2.75, 3.05) is 31.6 Å². The van der Waals surface area contributed by atoms with E-state index < -0.39 is 0 Å². The lowest BCUT2D eigenvalue weighted by atomic mass is 9.90. The number of fused-ring (bicyclic) bond motifs is 1. The summed E-state index contributed by atoms with van der Waals surface area (Å²) in [4.78, 5) is 15.0. The number of piperidine rings is 1. The van der Waals surface area contributed by atoms with Gasteiger partial charge in [0.1, 0.15) is 6.29 Å². The van der Waals surface area contributed by atoms with Gasteiger partial charge in [-0.2, -0.15) is 5.26 Å². The maximum absolute atomic E-state index is 12.6. The van der Waals surface area contributed by atoms with Crippen LogP contribution in [0.1, 0.15) is 31.2 Å². The largest absolute Gasteiger partial charge is 0.369 e. The summed E-state index contributed by atoms with van der Waals surface area (Å²) >= 11 is 0. The van der Waals surface area contributed by atoms with E-state index in [2.05, 4.69) is 37.8 Å². The predicted molar refractivity (Wildman–Crippen MR) is 116 cm³/mol. The number of nitrogens with one attached hydrogen (secondary N) is 5. The average Bonchev–Trinajstić information content (AvgIpc) is 2.79. The third kappa shape index (κ3) is 5.33. The van der Waals surface area contributed by atoms with Gasteiger partial charge in [-0.1, -0.05) is 12.1 Å². The Kier molecular flexibility index (Phi) is 7.35. The van der Waals surface area contributed by atoms with Gasteiger partial charge in [-0.05, 0) is 49.3 Å². The Morgan fingerprint density at radius 2 is 1.97 bits per heavy atom. The molecular weight excluding hydrogens is 397 g/mol. The Labute approximate surface area is 182 Å². The zero-order valence-corrected chi connectivity index (χ0v) is 17.7. The topological polar surface area (TPSA) is 104 Å². The van der Waals surface area contributed by atoms with Gasteiger partial charge in [0.25, 0.3) is 0 Å². The molecule has 168 valence electrons. The molecule has 4 unspecified atom stereocenters. The number of carbonyl (C=O) groups is 1. The standard InChI is InChI=1S/C22H32FN7O/c23-10-1-2-15-3-5-17(6-4-15)26-20-19-18(14-25-29-21(19)31)27-22(28-20)30-12-8-16(7-11-24)9-13-30/h3-6,16,18-20,22,25-28H,1-2,7-10,12-14H2,(H,29,31). The number of benzene rings is 1. The molecule has 0 spiro atoms. The van der Waals surface area contributed by atoms with Crippen molar-refractivity contribution >= 4 is 11.6 Å². The number of carbonyl (C=O) groups excluding carboxylic acids is 1. The second kappa shape index (κ2) is 10.4. The molecule has 1 aromatic carbocycles. The molecular formula is C22H32FN7O. The monoisotopic (exact) mass is 429 g/mol. The molecule has 3 saturated heterocycles. The maximum atomic E-state index is 12.6. The Balaban J connectivity index is 1.44. The highest BCUT2D eigenvalue weighted by atomic mass is 19.1. The zero-order valence-electron chi connectivity index (χ0n) is 17.7. The number of nitrogens with zero attached hydrogens (tertiary/aromatic N) is 2. The van der Waals surface area contributed by atoms with Crippen LogP contribution in [0, 0.1) is 23.2 Å². The fourth-order valence-corrected chi connectivity index (χ4v) is 4.82. The SMILES string of the molecule is N#CCC1CCN(C2NC3CNNC(=O)C3C(Nc3ccc(CCCF)cc3)N2)CC1. The molecule has 1 amide bonds. The third-order valence-electron chi connectivity index (χ3n) is 6.61. The molecule has 31 heavy (non-hydrogen) atoms. The molecule has 0 aliphatic carbocycles. The Morgan fingerprint density at radius 3 is 2.68 bits per heavy atom. The molecule has 3 aliphatic rings. The highest BCUT2D eigenvalue weighted by Gasteiger charge is 2.45. The van der Waals surface area contributed by atoms with Crippen molar-refractivity contribution in [2.24, 2.45) is 11.8 Å². The number of aryl methyl sites for hydroxylation is 1. The fraction of sp³-hybridized carbons (Fsp3) is 0.636. The summed E-state index contributed by atoms with van der Waals surface area (Å²) in [7, 11) is 0.